The summed E-state index contributed by atoms with van der Waals surface area (Å²) in [7, 11) is 1.82. The number of carbonyl (C=O) groups excluding carboxylic acids is 2. The van der Waals surface area contributed by atoms with E-state index >= 15 is 0 Å². The van der Waals surface area contributed by atoms with Crippen molar-refractivity contribution >= 4 is 29.1 Å². The summed E-state index contributed by atoms with van der Waals surface area (Å²) in [6, 6.07) is 14.0. The Labute approximate surface area is 173 Å². The first-order chi connectivity index (χ1) is 14.5. The van der Waals surface area contributed by atoms with E-state index in [-0.39, 0.29) is 17.6 Å². The van der Waals surface area contributed by atoms with E-state index in [1.807, 2.05) is 29.9 Å². The van der Waals surface area contributed by atoms with Gasteiger partial charge >= 0.3 is 0 Å². The summed E-state index contributed by atoms with van der Waals surface area (Å²) in [4.78, 5) is 28.7. The molecule has 0 saturated carbocycles. The van der Waals surface area contributed by atoms with Gasteiger partial charge in [-0.25, -0.2) is 4.68 Å². The summed E-state index contributed by atoms with van der Waals surface area (Å²) in [5.74, 6) is 1.12. The van der Waals surface area contributed by atoms with Gasteiger partial charge in [-0.2, -0.15) is 5.10 Å². The Morgan fingerprint density at radius 2 is 1.97 bits per heavy atom. The lowest BCUT2D eigenvalue weighted by atomic mass is 9.98. The molecule has 2 amide bonds. The number of nitrogens with one attached hydrogen (secondary N) is 1. The standard InChI is InChI=1S/C22H21N5O3/c1-25-8-7-14-11-16(5-6-18(14)22(25)30)26-9-10-27-20(26)13-19(24-27)23-21(29)15-3-2-4-17(28)12-15/h2-6,11-13,28H,7-10H2,1H3,(H,23,24,29). The van der Waals surface area contributed by atoms with Crippen LogP contribution in [-0.4, -0.2) is 51.7 Å². The molecular weight excluding hydrogens is 382 g/mol. The maximum Gasteiger partial charge on any atom is 0.256 e. The molecule has 2 aliphatic heterocycles. The van der Waals surface area contributed by atoms with Crippen LogP contribution < -0.4 is 10.2 Å². The van der Waals surface area contributed by atoms with Crippen LogP contribution in [0.4, 0.5) is 17.3 Å². The minimum Gasteiger partial charge on any atom is -0.508 e. The number of aromatic hydroxyl groups is 1. The molecule has 2 aliphatic rings. The van der Waals surface area contributed by atoms with Gasteiger partial charge in [0.2, 0.25) is 0 Å². The fourth-order valence-corrected chi connectivity index (χ4v) is 4.01. The van der Waals surface area contributed by atoms with Crippen molar-refractivity contribution in [3.05, 3.63) is 65.2 Å². The van der Waals surface area contributed by atoms with Crippen molar-refractivity contribution in [2.75, 3.05) is 30.4 Å². The molecule has 0 aliphatic carbocycles. The van der Waals surface area contributed by atoms with Gasteiger partial charge in [-0.1, -0.05) is 6.07 Å². The molecule has 8 heteroatoms. The van der Waals surface area contributed by atoms with Gasteiger partial charge in [-0.15, -0.1) is 0 Å². The van der Waals surface area contributed by atoms with E-state index in [0.717, 1.165) is 42.1 Å². The zero-order valence-electron chi connectivity index (χ0n) is 16.5. The molecule has 0 fully saturated rings. The van der Waals surface area contributed by atoms with Gasteiger partial charge < -0.3 is 20.2 Å². The fraction of sp³-hybridized carbons (Fsp3) is 0.227. The maximum absolute atomic E-state index is 12.4. The number of benzene rings is 2. The van der Waals surface area contributed by atoms with Crippen LogP contribution in [0.25, 0.3) is 0 Å². The van der Waals surface area contributed by atoms with Crippen LogP contribution >= 0.6 is 0 Å². The van der Waals surface area contributed by atoms with E-state index in [4.69, 9.17) is 0 Å². The van der Waals surface area contributed by atoms with E-state index in [1.165, 1.54) is 12.1 Å². The topological polar surface area (TPSA) is 90.7 Å². The van der Waals surface area contributed by atoms with Crippen LogP contribution in [0, 0.1) is 0 Å². The van der Waals surface area contributed by atoms with Crippen LogP contribution in [0.1, 0.15) is 26.3 Å². The minimum atomic E-state index is -0.328. The second-order valence-electron chi connectivity index (χ2n) is 7.59. The quantitative estimate of drug-likeness (QED) is 0.702. The van der Waals surface area contributed by atoms with E-state index < -0.39 is 0 Å². The molecule has 2 N–H and O–H groups in total. The van der Waals surface area contributed by atoms with Crippen LogP contribution in [-0.2, 0) is 13.0 Å². The van der Waals surface area contributed by atoms with E-state index in [9.17, 15) is 14.7 Å². The monoisotopic (exact) mass is 403 g/mol. The summed E-state index contributed by atoms with van der Waals surface area (Å²) >= 11 is 0. The number of carbonyl (C=O) groups is 2. The molecule has 152 valence electrons. The Morgan fingerprint density at radius 1 is 1.10 bits per heavy atom. The summed E-state index contributed by atoms with van der Waals surface area (Å²) in [6.07, 6.45) is 0.837. The number of hydrogen-bond acceptors (Lipinski definition) is 5. The number of amides is 2. The van der Waals surface area contributed by atoms with Crippen molar-refractivity contribution in [2.24, 2.45) is 0 Å². The SMILES string of the molecule is CN1CCc2cc(N3CCn4nc(NC(=O)c5cccc(O)c5)cc43)ccc2C1=O. The average molecular weight is 403 g/mol. The first kappa shape index (κ1) is 18.2. The predicted octanol–water partition coefficient (Wildman–Crippen LogP) is 2.62. The van der Waals surface area contributed by atoms with Crippen molar-refractivity contribution in [3.63, 3.8) is 0 Å². The number of aromatic nitrogens is 2. The number of phenols is 1. The first-order valence-corrected chi connectivity index (χ1v) is 9.84. The van der Waals surface area contributed by atoms with Gasteiger partial charge in [0.15, 0.2) is 5.82 Å². The van der Waals surface area contributed by atoms with Gasteiger partial charge in [0.25, 0.3) is 11.8 Å². The zero-order chi connectivity index (χ0) is 20.8. The third-order valence-corrected chi connectivity index (χ3v) is 5.61. The number of phenolic OH excluding ortho intramolecular Hbond substituents is 1. The van der Waals surface area contributed by atoms with Gasteiger partial charge in [0.1, 0.15) is 11.6 Å². The van der Waals surface area contributed by atoms with Crippen molar-refractivity contribution < 1.29 is 14.7 Å². The summed E-state index contributed by atoms with van der Waals surface area (Å²) in [6.45, 7) is 2.20. The zero-order valence-corrected chi connectivity index (χ0v) is 16.5. The summed E-state index contributed by atoms with van der Waals surface area (Å²) < 4.78 is 1.86. The number of rotatable bonds is 3. The van der Waals surface area contributed by atoms with Crippen LogP contribution in [0.5, 0.6) is 5.75 Å². The molecular formula is C22H21N5O3. The average Bonchev–Trinajstić information content (AvgIpc) is 3.30. The molecule has 8 nitrogen and oxygen atoms in total. The van der Waals surface area contributed by atoms with Gasteiger partial charge in [0.05, 0.1) is 6.54 Å². The molecule has 0 bridgehead atoms. The first-order valence-electron chi connectivity index (χ1n) is 9.84. The molecule has 3 heterocycles. The number of anilines is 3. The molecule has 5 rings (SSSR count). The van der Waals surface area contributed by atoms with Crippen LogP contribution in [0.3, 0.4) is 0 Å². The summed E-state index contributed by atoms with van der Waals surface area (Å²) in [5.41, 5.74) is 3.20. The normalized spacial score (nSPS) is 15.2. The third-order valence-electron chi connectivity index (χ3n) is 5.61. The Balaban J connectivity index is 1.39. The Morgan fingerprint density at radius 3 is 2.80 bits per heavy atom. The molecule has 3 aromatic rings. The predicted molar refractivity (Wildman–Crippen MR) is 112 cm³/mol. The molecule has 0 atom stereocenters. The number of nitrogens with zero attached hydrogens (tertiary/aromatic N) is 4. The largest absolute Gasteiger partial charge is 0.508 e. The smallest absolute Gasteiger partial charge is 0.256 e. The van der Waals surface area contributed by atoms with Crippen LogP contribution in [0.15, 0.2) is 48.5 Å². The number of hydrogen-bond donors (Lipinski definition) is 2. The molecule has 0 spiro atoms. The van der Waals surface area contributed by atoms with E-state index in [1.54, 1.807) is 17.0 Å². The van der Waals surface area contributed by atoms with E-state index in [2.05, 4.69) is 21.4 Å². The Bertz CT molecular complexity index is 1170. The Kier molecular flexibility index (Phi) is 4.20. The highest BCUT2D eigenvalue weighted by Gasteiger charge is 2.26. The van der Waals surface area contributed by atoms with E-state index in [0.29, 0.717) is 17.9 Å². The second kappa shape index (κ2) is 6.91. The van der Waals surface area contributed by atoms with Crippen molar-refractivity contribution in [2.45, 2.75) is 13.0 Å². The maximum atomic E-state index is 12.4. The van der Waals surface area contributed by atoms with Crippen molar-refractivity contribution in [3.8, 4) is 5.75 Å². The van der Waals surface area contributed by atoms with Crippen LogP contribution in [0.2, 0.25) is 0 Å². The van der Waals surface area contributed by atoms with Gasteiger partial charge in [0, 0.05) is 43.0 Å². The molecule has 0 radical (unpaired) electrons. The highest BCUT2D eigenvalue weighted by Crippen LogP contribution is 2.34. The number of likely N-dealkylation sites (N-methyl/N-ethyl adjacent to an activating group) is 1. The van der Waals surface area contributed by atoms with Gasteiger partial charge in [-0.3, -0.25) is 9.59 Å². The molecule has 30 heavy (non-hydrogen) atoms. The lowest BCUT2D eigenvalue weighted by molar-refractivity contribution is 0.0780. The van der Waals surface area contributed by atoms with Gasteiger partial charge in [-0.05, 0) is 48.4 Å². The highest BCUT2D eigenvalue weighted by molar-refractivity contribution is 6.04. The minimum absolute atomic E-state index is 0.0400. The number of fused-ring (bicyclic) bond motifs is 2. The van der Waals surface area contributed by atoms with Crippen molar-refractivity contribution in [1.29, 1.82) is 0 Å². The Hall–Kier alpha value is -3.81. The lowest BCUT2D eigenvalue weighted by Crippen LogP contribution is -2.34. The summed E-state index contributed by atoms with van der Waals surface area (Å²) in [5, 5.41) is 16.8. The third kappa shape index (κ3) is 3.06. The fourth-order valence-electron chi connectivity index (χ4n) is 4.01. The second-order valence-corrected chi connectivity index (χ2v) is 7.59. The van der Waals surface area contributed by atoms with Crippen molar-refractivity contribution in [1.82, 2.24) is 14.7 Å². The lowest BCUT2D eigenvalue weighted by Gasteiger charge is -2.26. The molecule has 2 aromatic carbocycles. The molecule has 0 saturated heterocycles. The molecule has 1 aromatic heterocycles. The molecule has 0 unspecified atom stereocenters. The highest BCUT2D eigenvalue weighted by atomic mass is 16.3.